The summed E-state index contributed by atoms with van der Waals surface area (Å²) >= 11 is 0. The molecule has 0 aromatic heterocycles. The first-order valence-electron chi connectivity index (χ1n) is 3.40. The molecule has 11 heavy (non-hydrogen) atoms. The van der Waals surface area contributed by atoms with Gasteiger partial charge in [-0.25, -0.2) is 5.53 Å². The van der Waals surface area contributed by atoms with Crippen molar-refractivity contribution in [2.45, 2.75) is 13.0 Å². The van der Waals surface area contributed by atoms with E-state index in [1.807, 2.05) is 6.07 Å². The van der Waals surface area contributed by atoms with Crippen LogP contribution in [0.1, 0.15) is 18.5 Å². The Labute approximate surface area is 65.2 Å². The van der Waals surface area contributed by atoms with Gasteiger partial charge in [-0.1, -0.05) is 18.2 Å². The third-order valence-corrected chi connectivity index (χ3v) is 1.58. The minimum Gasteiger partial charge on any atom is -0.508 e. The Morgan fingerprint density at radius 1 is 1.45 bits per heavy atom. The van der Waals surface area contributed by atoms with Crippen molar-refractivity contribution in [3.05, 3.63) is 29.8 Å². The average molecular weight is 150 g/mol. The molecule has 0 bridgehead atoms. The Kier molecular flexibility index (Phi) is 2.21. The van der Waals surface area contributed by atoms with Gasteiger partial charge in [-0.3, -0.25) is 0 Å². The van der Waals surface area contributed by atoms with Crippen molar-refractivity contribution in [1.29, 1.82) is 5.53 Å². The predicted octanol–water partition coefficient (Wildman–Crippen LogP) is 2.48. The average Bonchev–Trinajstić information content (AvgIpc) is 2.04. The van der Waals surface area contributed by atoms with Gasteiger partial charge >= 0.3 is 0 Å². The molecule has 0 aliphatic heterocycles. The number of aromatic hydroxyl groups is 1. The van der Waals surface area contributed by atoms with Crippen LogP contribution in [0.25, 0.3) is 0 Å². The van der Waals surface area contributed by atoms with Gasteiger partial charge in [0.05, 0.1) is 6.04 Å². The molecule has 0 fully saturated rings. The summed E-state index contributed by atoms with van der Waals surface area (Å²) in [5.74, 6) is 0.205. The maximum absolute atomic E-state index is 9.27. The summed E-state index contributed by atoms with van der Waals surface area (Å²) in [7, 11) is 0. The zero-order chi connectivity index (χ0) is 8.27. The summed E-state index contributed by atoms with van der Waals surface area (Å²) < 4.78 is 0. The summed E-state index contributed by atoms with van der Waals surface area (Å²) in [6.07, 6.45) is 0. The van der Waals surface area contributed by atoms with Gasteiger partial charge in [0, 0.05) is 5.56 Å². The van der Waals surface area contributed by atoms with Crippen LogP contribution in [0.5, 0.6) is 5.75 Å². The van der Waals surface area contributed by atoms with Crippen molar-refractivity contribution in [2.24, 2.45) is 5.11 Å². The highest BCUT2D eigenvalue weighted by molar-refractivity contribution is 5.33. The van der Waals surface area contributed by atoms with E-state index in [9.17, 15) is 5.11 Å². The lowest BCUT2D eigenvalue weighted by atomic mass is 10.1. The highest BCUT2D eigenvalue weighted by atomic mass is 16.3. The van der Waals surface area contributed by atoms with Gasteiger partial charge in [-0.2, -0.15) is 5.11 Å². The van der Waals surface area contributed by atoms with E-state index in [-0.39, 0.29) is 11.8 Å². The Balaban J connectivity index is 3.02. The molecule has 0 amide bonds. The highest BCUT2D eigenvalue weighted by Crippen LogP contribution is 2.25. The normalized spacial score (nSPS) is 12.5. The van der Waals surface area contributed by atoms with Crippen molar-refractivity contribution in [2.75, 3.05) is 0 Å². The topological polar surface area (TPSA) is 56.4 Å². The second-order valence-corrected chi connectivity index (χ2v) is 2.36. The molecule has 0 radical (unpaired) electrons. The zero-order valence-electron chi connectivity index (χ0n) is 6.28. The monoisotopic (exact) mass is 150 g/mol. The lowest BCUT2D eigenvalue weighted by molar-refractivity contribution is 0.462. The first-order chi connectivity index (χ1) is 5.25. The second kappa shape index (κ2) is 3.14. The van der Waals surface area contributed by atoms with Crippen molar-refractivity contribution in [3.63, 3.8) is 0 Å². The SMILES string of the molecule is CC(N=N)c1ccccc1O. The lowest BCUT2D eigenvalue weighted by Gasteiger charge is -2.05. The predicted molar refractivity (Wildman–Crippen MR) is 41.7 cm³/mol. The van der Waals surface area contributed by atoms with Crippen LogP contribution in [0.2, 0.25) is 0 Å². The van der Waals surface area contributed by atoms with Gasteiger partial charge in [-0.15, -0.1) is 0 Å². The number of nitrogens with one attached hydrogen (secondary N) is 1. The van der Waals surface area contributed by atoms with Crippen LogP contribution in [-0.4, -0.2) is 5.11 Å². The minimum atomic E-state index is -0.254. The maximum atomic E-state index is 9.27. The fraction of sp³-hybridized carbons (Fsp3) is 0.250. The number of para-hydroxylation sites is 1. The van der Waals surface area contributed by atoms with E-state index in [0.717, 1.165) is 0 Å². The van der Waals surface area contributed by atoms with Gasteiger partial charge in [0.2, 0.25) is 0 Å². The van der Waals surface area contributed by atoms with E-state index in [1.54, 1.807) is 25.1 Å². The Hall–Kier alpha value is -1.38. The minimum absolute atomic E-state index is 0.205. The van der Waals surface area contributed by atoms with E-state index in [1.165, 1.54) is 0 Å². The highest BCUT2D eigenvalue weighted by Gasteiger charge is 2.06. The van der Waals surface area contributed by atoms with Crippen molar-refractivity contribution in [3.8, 4) is 5.75 Å². The Morgan fingerprint density at radius 3 is 2.64 bits per heavy atom. The van der Waals surface area contributed by atoms with Crippen molar-refractivity contribution >= 4 is 0 Å². The molecule has 1 atom stereocenters. The number of nitrogens with zero attached hydrogens (tertiary/aromatic N) is 1. The third-order valence-electron chi connectivity index (χ3n) is 1.58. The molecular formula is C8H10N2O. The molecule has 0 aliphatic rings. The summed E-state index contributed by atoms with van der Waals surface area (Å²) in [4.78, 5) is 0. The van der Waals surface area contributed by atoms with Gasteiger partial charge in [0.1, 0.15) is 5.75 Å². The van der Waals surface area contributed by atoms with Gasteiger partial charge in [0.15, 0.2) is 0 Å². The molecule has 0 aliphatic carbocycles. The van der Waals surface area contributed by atoms with E-state index < -0.39 is 0 Å². The van der Waals surface area contributed by atoms with E-state index in [4.69, 9.17) is 5.53 Å². The van der Waals surface area contributed by atoms with Crippen LogP contribution < -0.4 is 0 Å². The fourth-order valence-corrected chi connectivity index (χ4v) is 0.910. The smallest absolute Gasteiger partial charge is 0.120 e. The second-order valence-electron chi connectivity index (χ2n) is 2.36. The number of hydrogen-bond donors (Lipinski definition) is 2. The third kappa shape index (κ3) is 1.55. The van der Waals surface area contributed by atoms with E-state index in [0.29, 0.717) is 5.56 Å². The first kappa shape index (κ1) is 7.72. The van der Waals surface area contributed by atoms with Crippen LogP contribution >= 0.6 is 0 Å². The van der Waals surface area contributed by atoms with E-state index >= 15 is 0 Å². The largest absolute Gasteiger partial charge is 0.508 e. The Bertz CT molecular complexity index is 260. The molecule has 3 nitrogen and oxygen atoms in total. The molecule has 0 heterocycles. The molecule has 2 N–H and O–H groups in total. The summed E-state index contributed by atoms with van der Waals surface area (Å²) in [5.41, 5.74) is 7.45. The van der Waals surface area contributed by atoms with E-state index in [2.05, 4.69) is 5.11 Å². The van der Waals surface area contributed by atoms with Crippen molar-refractivity contribution < 1.29 is 5.11 Å². The summed E-state index contributed by atoms with van der Waals surface area (Å²) in [6.45, 7) is 1.77. The number of hydrogen-bond acceptors (Lipinski definition) is 3. The number of rotatable bonds is 2. The molecule has 1 aromatic rings. The zero-order valence-corrected chi connectivity index (χ0v) is 6.28. The van der Waals surface area contributed by atoms with Gasteiger partial charge in [0.25, 0.3) is 0 Å². The van der Waals surface area contributed by atoms with Crippen LogP contribution in [0.4, 0.5) is 0 Å². The quantitative estimate of drug-likeness (QED) is 0.625. The molecule has 3 heteroatoms. The summed E-state index contributed by atoms with van der Waals surface area (Å²) in [6, 6.07) is 6.66. The van der Waals surface area contributed by atoms with Crippen LogP contribution in [0.3, 0.4) is 0 Å². The lowest BCUT2D eigenvalue weighted by Crippen LogP contribution is -1.87. The first-order valence-corrected chi connectivity index (χ1v) is 3.40. The molecule has 0 spiro atoms. The standard InChI is InChI=1S/C8H10N2O/c1-6(10-9)7-4-2-3-5-8(7)11/h2-6,9,11H,1H3. The molecule has 1 aromatic carbocycles. The fourth-order valence-electron chi connectivity index (χ4n) is 0.910. The van der Waals surface area contributed by atoms with Crippen LogP contribution in [0, 0.1) is 5.53 Å². The number of benzene rings is 1. The molecular weight excluding hydrogens is 140 g/mol. The number of phenolic OH excluding ortho intramolecular Hbond substituents is 1. The molecule has 1 rings (SSSR count). The van der Waals surface area contributed by atoms with Gasteiger partial charge in [-0.05, 0) is 13.0 Å². The summed E-state index contributed by atoms with van der Waals surface area (Å²) in [5, 5.41) is 12.6. The molecule has 1 unspecified atom stereocenters. The molecule has 0 saturated carbocycles. The van der Waals surface area contributed by atoms with Gasteiger partial charge < -0.3 is 5.11 Å². The van der Waals surface area contributed by atoms with Crippen LogP contribution in [-0.2, 0) is 0 Å². The molecule has 58 valence electrons. The van der Waals surface area contributed by atoms with Crippen molar-refractivity contribution in [1.82, 2.24) is 0 Å². The van der Waals surface area contributed by atoms with Crippen LogP contribution in [0.15, 0.2) is 29.4 Å². The maximum Gasteiger partial charge on any atom is 0.120 e. The number of phenols is 1. The molecule has 0 saturated heterocycles. The Morgan fingerprint density at radius 2 is 2.09 bits per heavy atom.